The number of ether oxygens (including phenoxy) is 2. The third kappa shape index (κ3) is 2.07. The van der Waals surface area contributed by atoms with Crippen LogP contribution in [-0.2, 0) is 19.1 Å². The molecule has 0 bridgehead atoms. The maximum atomic E-state index is 10.5. The first-order valence-corrected chi connectivity index (χ1v) is 3.67. The topological polar surface area (TPSA) is 52.6 Å². The van der Waals surface area contributed by atoms with Crippen LogP contribution in [0.1, 0.15) is 13.3 Å². The molecule has 12 heavy (non-hydrogen) atoms. The quantitative estimate of drug-likeness (QED) is 0.314. The van der Waals surface area contributed by atoms with Crippen LogP contribution in [0.5, 0.6) is 0 Å². The van der Waals surface area contributed by atoms with E-state index in [-0.39, 0.29) is 0 Å². The average Bonchev–Trinajstić information content (AvgIpc) is 2.29. The number of carbonyl (C=O) groups is 2. The molecule has 0 amide bonds. The second-order valence-electron chi connectivity index (χ2n) is 2.66. The lowest BCUT2D eigenvalue weighted by Gasteiger charge is -2.12. The summed E-state index contributed by atoms with van der Waals surface area (Å²) in [4.78, 5) is 20.9. The van der Waals surface area contributed by atoms with Gasteiger partial charge in [-0.1, -0.05) is 0 Å². The van der Waals surface area contributed by atoms with Crippen LogP contribution in [0.3, 0.4) is 0 Å². The Kier molecular flexibility index (Phi) is 2.86. The molecule has 0 saturated carbocycles. The smallest absolute Gasteiger partial charge is 0.303 e. The van der Waals surface area contributed by atoms with Crippen molar-refractivity contribution in [1.29, 1.82) is 0 Å². The molecule has 1 aliphatic heterocycles. The van der Waals surface area contributed by atoms with E-state index in [1.54, 1.807) is 0 Å². The van der Waals surface area contributed by atoms with Gasteiger partial charge in [0.05, 0.1) is 0 Å². The summed E-state index contributed by atoms with van der Waals surface area (Å²) in [6.45, 7) is 1.28. The van der Waals surface area contributed by atoms with E-state index < -0.39 is 24.2 Å². The van der Waals surface area contributed by atoms with Crippen LogP contribution < -0.4 is 0 Å². The van der Waals surface area contributed by atoms with Gasteiger partial charge >= 0.3 is 5.97 Å². The molecule has 1 fully saturated rings. The van der Waals surface area contributed by atoms with Crippen molar-refractivity contribution < 1.29 is 19.1 Å². The summed E-state index contributed by atoms with van der Waals surface area (Å²) in [7, 11) is 5.39. The Labute approximate surface area is 71.6 Å². The third-order valence-electron chi connectivity index (χ3n) is 1.61. The van der Waals surface area contributed by atoms with Gasteiger partial charge in [0.1, 0.15) is 20.1 Å². The molecule has 1 rings (SSSR count). The Balaban J connectivity index is 2.51. The second kappa shape index (κ2) is 3.71. The summed E-state index contributed by atoms with van der Waals surface area (Å²) in [6, 6.07) is -0.510. The molecular weight excluding hydrogens is 159 g/mol. The van der Waals surface area contributed by atoms with Gasteiger partial charge in [0.2, 0.25) is 0 Å². The summed E-state index contributed by atoms with van der Waals surface area (Å²) in [5.74, 6) is -0.426. The Bertz CT molecular complexity index is 194. The standard InChI is InChI=1S/C7H9BO4/c1-4(10)11-5-2-7(8)12-6(5)3-9/h3,5-7H,2H2,1H3/t5?,6-,7+/m1/s1. The van der Waals surface area contributed by atoms with E-state index in [0.29, 0.717) is 12.7 Å². The first-order chi connectivity index (χ1) is 5.63. The summed E-state index contributed by atoms with van der Waals surface area (Å²) < 4.78 is 9.77. The van der Waals surface area contributed by atoms with Gasteiger partial charge in [-0.05, 0) is 0 Å². The largest absolute Gasteiger partial charge is 0.459 e. The molecule has 0 aromatic heterocycles. The lowest BCUT2D eigenvalue weighted by Crippen LogP contribution is -2.27. The Morgan fingerprint density at radius 1 is 1.75 bits per heavy atom. The van der Waals surface area contributed by atoms with Crippen molar-refractivity contribution >= 4 is 20.1 Å². The number of hydrogen-bond acceptors (Lipinski definition) is 4. The molecule has 1 aliphatic rings. The minimum Gasteiger partial charge on any atom is -0.459 e. The zero-order valence-corrected chi connectivity index (χ0v) is 6.73. The van der Waals surface area contributed by atoms with Crippen LogP contribution in [0.4, 0.5) is 0 Å². The highest BCUT2D eigenvalue weighted by Crippen LogP contribution is 2.19. The average molecular weight is 168 g/mol. The van der Waals surface area contributed by atoms with Crippen molar-refractivity contribution in [2.24, 2.45) is 0 Å². The summed E-state index contributed by atoms with van der Waals surface area (Å²) >= 11 is 0. The predicted molar refractivity (Wildman–Crippen MR) is 40.7 cm³/mol. The number of rotatable bonds is 2. The minimum atomic E-state index is -0.705. The Morgan fingerprint density at radius 3 is 2.92 bits per heavy atom. The Hall–Kier alpha value is -0.835. The summed E-state index contributed by atoms with van der Waals surface area (Å²) in [5.41, 5.74) is 0. The van der Waals surface area contributed by atoms with E-state index in [1.807, 2.05) is 0 Å². The van der Waals surface area contributed by atoms with Crippen molar-refractivity contribution in [3.8, 4) is 0 Å². The van der Waals surface area contributed by atoms with Crippen molar-refractivity contribution in [3.05, 3.63) is 0 Å². The summed E-state index contributed by atoms with van der Waals surface area (Å²) in [6.07, 6.45) is -0.248. The Morgan fingerprint density at radius 2 is 2.42 bits per heavy atom. The molecule has 0 N–H and O–H groups in total. The van der Waals surface area contributed by atoms with Crippen molar-refractivity contribution in [2.75, 3.05) is 0 Å². The molecular formula is C7H9BO4. The van der Waals surface area contributed by atoms with Crippen molar-refractivity contribution in [3.63, 3.8) is 0 Å². The highest BCUT2D eigenvalue weighted by molar-refractivity contribution is 6.11. The molecule has 4 nitrogen and oxygen atoms in total. The van der Waals surface area contributed by atoms with E-state index in [2.05, 4.69) is 0 Å². The van der Waals surface area contributed by atoms with Crippen LogP contribution >= 0.6 is 0 Å². The van der Waals surface area contributed by atoms with E-state index >= 15 is 0 Å². The molecule has 0 spiro atoms. The zero-order chi connectivity index (χ0) is 9.14. The number of carbonyl (C=O) groups excluding carboxylic acids is 2. The van der Waals surface area contributed by atoms with E-state index in [4.69, 9.17) is 17.3 Å². The number of esters is 1. The number of hydrogen-bond donors (Lipinski definition) is 0. The van der Waals surface area contributed by atoms with Crippen LogP contribution in [0.25, 0.3) is 0 Å². The molecule has 0 aromatic carbocycles. The van der Waals surface area contributed by atoms with Gasteiger partial charge in [-0.25, -0.2) is 0 Å². The number of aldehydes is 1. The molecule has 64 valence electrons. The normalized spacial score (nSPS) is 34.6. The molecule has 1 unspecified atom stereocenters. The molecule has 1 heterocycles. The van der Waals surface area contributed by atoms with E-state index in [9.17, 15) is 9.59 Å². The molecule has 3 atom stereocenters. The van der Waals surface area contributed by atoms with Crippen LogP contribution in [0.2, 0.25) is 0 Å². The fraction of sp³-hybridized carbons (Fsp3) is 0.714. The van der Waals surface area contributed by atoms with Gasteiger partial charge in [0.15, 0.2) is 6.29 Å². The van der Waals surface area contributed by atoms with Crippen LogP contribution in [0.15, 0.2) is 0 Å². The third-order valence-corrected chi connectivity index (χ3v) is 1.61. The molecule has 0 aromatic rings. The SMILES string of the molecule is [B][C@@H]1CC(OC(C)=O)[C@@H](C=O)O1. The van der Waals surface area contributed by atoms with E-state index in [1.165, 1.54) is 6.92 Å². The van der Waals surface area contributed by atoms with Crippen molar-refractivity contribution in [2.45, 2.75) is 31.6 Å². The zero-order valence-electron chi connectivity index (χ0n) is 6.73. The molecule has 1 saturated heterocycles. The maximum absolute atomic E-state index is 10.5. The fourth-order valence-corrected chi connectivity index (χ4v) is 1.16. The highest BCUT2D eigenvalue weighted by Gasteiger charge is 2.34. The monoisotopic (exact) mass is 168 g/mol. The summed E-state index contributed by atoms with van der Waals surface area (Å²) in [5, 5.41) is 0. The van der Waals surface area contributed by atoms with Gasteiger partial charge in [0, 0.05) is 19.3 Å². The van der Waals surface area contributed by atoms with Crippen LogP contribution in [0, 0.1) is 0 Å². The lowest BCUT2D eigenvalue weighted by molar-refractivity contribution is -0.149. The highest BCUT2D eigenvalue weighted by atomic mass is 16.6. The minimum absolute atomic E-state index is 0.378. The fourth-order valence-electron chi connectivity index (χ4n) is 1.16. The first-order valence-electron chi connectivity index (χ1n) is 3.67. The van der Waals surface area contributed by atoms with Crippen molar-refractivity contribution in [1.82, 2.24) is 0 Å². The first kappa shape index (κ1) is 9.25. The molecule has 2 radical (unpaired) electrons. The van der Waals surface area contributed by atoms with Crippen LogP contribution in [-0.4, -0.2) is 38.3 Å². The predicted octanol–water partition coefficient (Wildman–Crippen LogP) is -0.600. The second-order valence-corrected chi connectivity index (χ2v) is 2.66. The van der Waals surface area contributed by atoms with Gasteiger partial charge in [0.25, 0.3) is 0 Å². The molecule has 0 aliphatic carbocycles. The van der Waals surface area contributed by atoms with Gasteiger partial charge in [-0.15, -0.1) is 0 Å². The van der Waals surface area contributed by atoms with Gasteiger partial charge < -0.3 is 14.3 Å². The van der Waals surface area contributed by atoms with E-state index in [0.717, 1.165) is 0 Å². The maximum Gasteiger partial charge on any atom is 0.303 e. The molecule has 5 heteroatoms. The lowest BCUT2D eigenvalue weighted by atomic mass is 9.96. The van der Waals surface area contributed by atoms with Gasteiger partial charge in [-0.2, -0.15) is 0 Å². The van der Waals surface area contributed by atoms with Gasteiger partial charge in [-0.3, -0.25) is 4.79 Å².